The molecular weight excluding hydrogens is 212 g/mol. The zero-order valence-corrected chi connectivity index (χ0v) is 10.8. The van der Waals surface area contributed by atoms with Crippen molar-refractivity contribution in [2.75, 3.05) is 33.2 Å². The number of ether oxygens (including phenoxy) is 1. The number of benzene rings is 1. The molecule has 1 heterocycles. The van der Waals surface area contributed by atoms with Crippen LogP contribution in [0.3, 0.4) is 0 Å². The van der Waals surface area contributed by atoms with Crippen molar-refractivity contribution in [2.24, 2.45) is 0 Å². The zero-order valence-electron chi connectivity index (χ0n) is 10.8. The molecule has 0 amide bonds. The third-order valence-electron chi connectivity index (χ3n) is 3.30. The smallest absolute Gasteiger partial charge is 0.123 e. The van der Waals surface area contributed by atoms with Gasteiger partial charge >= 0.3 is 0 Å². The molecule has 0 fully saturated rings. The topological polar surface area (TPSA) is 24.5 Å². The lowest BCUT2D eigenvalue weighted by atomic mass is 10.1. The van der Waals surface area contributed by atoms with E-state index >= 15 is 0 Å². The van der Waals surface area contributed by atoms with Gasteiger partial charge in [0.1, 0.15) is 11.9 Å². The standard InChI is InChI=1S/C14H22N2O/c1-3-16(2)9-8-15-11-13-10-12-6-4-5-7-14(12)17-13/h4-7,13,15H,3,8-11H2,1-2H3. The number of hydrogen-bond acceptors (Lipinski definition) is 3. The van der Waals surface area contributed by atoms with Crippen LogP contribution in [0.15, 0.2) is 24.3 Å². The van der Waals surface area contributed by atoms with Crippen molar-refractivity contribution < 1.29 is 4.74 Å². The van der Waals surface area contributed by atoms with Crippen LogP contribution < -0.4 is 10.1 Å². The fourth-order valence-electron chi connectivity index (χ4n) is 2.06. The van der Waals surface area contributed by atoms with E-state index in [4.69, 9.17) is 4.74 Å². The molecule has 1 aliphatic rings. The van der Waals surface area contributed by atoms with Crippen LogP contribution in [0.4, 0.5) is 0 Å². The van der Waals surface area contributed by atoms with Crippen molar-refractivity contribution >= 4 is 0 Å². The molecule has 1 aromatic rings. The molecule has 0 saturated heterocycles. The van der Waals surface area contributed by atoms with E-state index in [2.05, 4.69) is 42.4 Å². The summed E-state index contributed by atoms with van der Waals surface area (Å²) in [6.45, 7) is 6.34. The molecule has 1 aromatic carbocycles. The number of likely N-dealkylation sites (N-methyl/N-ethyl adjacent to an activating group) is 1. The van der Waals surface area contributed by atoms with Gasteiger partial charge in [0.05, 0.1) is 0 Å². The number of para-hydroxylation sites is 1. The fraction of sp³-hybridized carbons (Fsp3) is 0.571. The summed E-state index contributed by atoms with van der Waals surface area (Å²) in [5.74, 6) is 1.06. The van der Waals surface area contributed by atoms with Crippen LogP contribution in [0.2, 0.25) is 0 Å². The molecule has 0 aliphatic carbocycles. The summed E-state index contributed by atoms with van der Waals surface area (Å²) in [5.41, 5.74) is 1.34. The zero-order chi connectivity index (χ0) is 12.1. The first-order valence-corrected chi connectivity index (χ1v) is 6.43. The highest BCUT2D eigenvalue weighted by Crippen LogP contribution is 2.27. The van der Waals surface area contributed by atoms with E-state index in [1.165, 1.54) is 5.56 Å². The number of fused-ring (bicyclic) bond motifs is 1. The SMILES string of the molecule is CCN(C)CCNCC1Cc2ccccc2O1. The normalized spacial score (nSPS) is 18.2. The van der Waals surface area contributed by atoms with E-state index in [-0.39, 0.29) is 0 Å². The van der Waals surface area contributed by atoms with Gasteiger partial charge < -0.3 is 15.0 Å². The first-order chi connectivity index (χ1) is 8.29. The average molecular weight is 234 g/mol. The van der Waals surface area contributed by atoms with Gasteiger partial charge in [-0.25, -0.2) is 0 Å². The van der Waals surface area contributed by atoms with Gasteiger partial charge in [-0.2, -0.15) is 0 Å². The molecular formula is C14H22N2O. The van der Waals surface area contributed by atoms with Gasteiger partial charge in [0, 0.05) is 26.1 Å². The maximum Gasteiger partial charge on any atom is 0.123 e. The van der Waals surface area contributed by atoms with Crippen LogP contribution in [0, 0.1) is 0 Å². The van der Waals surface area contributed by atoms with Gasteiger partial charge in [-0.1, -0.05) is 25.1 Å². The lowest BCUT2D eigenvalue weighted by Crippen LogP contribution is -2.35. The van der Waals surface area contributed by atoms with E-state index < -0.39 is 0 Å². The molecule has 0 bridgehead atoms. The fourth-order valence-corrected chi connectivity index (χ4v) is 2.06. The summed E-state index contributed by atoms with van der Waals surface area (Å²) >= 11 is 0. The first kappa shape index (κ1) is 12.4. The van der Waals surface area contributed by atoms with Gasteiger partial charge in [-0.05, 0) is 25.2 Å². The maximum absolute atomic E-state index is 5.86. The molecule has 17 heavy (non-hydrogen) atoms. The van der Waals surface area contributed by atoms with Gasteiger partial charge in [0.25, 0.3) is 0 Å². The number of nitrogens with one attached hydrogen (secondary N) is 1. The minimum atomic E-state index is 0.305. The highest BCUT2D eigenvalue weighted by atomic mass is 16.5. The van der Waals surface area contributed by atoms with Crippen molar-refractivity contribution in [1.82, 2.24) is 10.2 Å². The summed E-state index contributed by atoms with van der Waals surface area (Å²) in [5, 5.41) is 3.46. The van der Waals surface area contributed by atoms with Crippen LogP contribution >= 0.6 is 0 Å². The second-order valence-corrected chi connectivity index (χ2v) is 4.65. The molecule has 0 radical (unpaired) electrons. The van der Waals surface area contributed by atoms with Crippen LogP contribution in [-0.2, 0) is 6.42 Å². The van der Waals surface area contributed by atoms with E-state index in [9.17, 15) is 0 Å². The van der Waals surface area contributed by atoms with Crippen LogP contribution in [0.25, 0.3) is 0 Å². The minimum Gasteiger partial charge on any atom is -0.488 e. The first-order valence-electron chi connectivity index (χ1n) is 6.43. The monoisotopic (exact) mass is 234 g/mol. The molecule has 1 unspecified atom stereocenters. The number of hydrogen-bond donors (Lipinski definition) is 1. The van der Waals surface area contributed by atoms with Crippen LogP contribution in [0.1, 0.15) is 12.5 Å². The minimum absolute atomic E-state index is 0.305. The second-order valence-electron chi connectivity index (χ2n) is 4.65. The van der Waals surface area contributed by atoms with Gasteiger partial charge in [0.2, 0.25) is 0 Å². The van der Waals surface area contributed by atoms with Crippen molar-refractivity contribution in [2.45, 2.75) is 19.4 Å². The largest absolute Gasteiger partial charge is 0.488 e. The maximum atomic E-state index is 5.86. The van der Waals surface area contributed by atoms with Crippen molar-refractivity contribution in [3.8, 4) is 5.75 Å². The Hall–Kier alpha value is -1.06. The van der Waals surface area contributed by atoms with E-state index in [1.807, 2.05) is 6.07 Å². The summed E-state index contributed by atoms with van der Waals surface area (Å²) < 4.78 is 5.86. The summed E-state index contributed by atoms with van der Waals surface area (Å²) in [6, 6.07) is 8.32. The Morgan fingerprint density at radius 3 is 3.00 bits per heavy atom. The third kappa shape index (κ3) is 3.45. The molecule has 0 aromatic heterocycles. The predicted octanol–water partition coefficient (Wildman–Crippen LogP) is 1.53. The molecule has 94 valence electrons. The Morgan fingerprint density at radius 2 is 2.24 bits per heavy atom. The Kier molecular flexibility index (Phi) is 4.40. The van der Waals surface area contributed by atoms with E-state index in [0.717, 1.165) is 38.3 Å². The van der Waals surface area contributed by atoms with Gasteiger partial charge in [-0.15, -0.1) is 0 Å². The van der Waals surface area contributed by atoms with Crippen LogP contribution in [-0.4, -0.2) is 44.2 Å². The molecule has 3 heteroatoms. The molecule has 1 N–H and O–H groups in total. The predicted molar refractivity (Wildman–Crippen MR) is 70.6 cm³/mol. The Balaban J connectivity index is 1.67. The average Bonchev–Trinajstić information content (AvgIpc) is 2.76. The van der Waals surface area contributed by atoms with Gasteiger partial charge in [0.15, 0.2) is 0 Å². The second kappa shape index (κ2) is 6.03. The highest BCUT2D eigenvalue weighted by Gasteiger charge is 2.21. The Morgan fingerprint density at radius 1 is 1.41 bits per heavy atom. The molecule has 1 atom stereocenters. The number of nitrogens with zero attached hydrogens (tertiary/aromatic N) is 1. The molecule has 2 rings (SSSR count). The van der Waals surface area contributed by atoms with Crippen molar-refractivity contribution in [3.05, 3.63) is 29.8 Å². The summed E-state index contributed by atoms with van der Waals surface area (Å²) in [4.78, 5) is 2.30. The third-order valence-corrected chi connectivity index (χ3v) is 3.30. The summed E-state index contributed by atoms with van der Waals surface area (Å²) in [7, 11) is 2.14. The molecule has 0 spiro atoms. The Labute approximate surface area is 104 Å². The lowest BCUT2D eigenvalue weighted by Gasteiger charge is -2.16. The Bertz CT molecular complexity index is 329. The number of rotatable bonds is 6. The van der Waals surface area contributed by atoms with Crippen LogP contribution in [0.5, 0.6) is 5.75 Å². The summed E-state index contributed by atoms with van der Waals surface area (Å²) in [6.07, 6.45) is 1.34. The quantitative estimate of drug-likeness (QED) is 0.756. The van der Waals surface area contributed by atoms with E-state index in [0.29, 0.717) is 6.10 Å². The lowest BCUT2D eigenvalue weighted by molar-refractivity contribution is 0.224. The van der Waals surface area contributed by atoms with Crippen molar-refractivity contribution in [3.63, 3.8) is 0 Å². The van der Waals surface area contributed by atoms with Gasteiger partial charge in [-0.3, -0.25) is 0 Å². The molecule has 3 nitrogen and oxygen atoms in total. The molecule has 1 aliphatic heterocycles. The highest BCUT2D eigenvalue weighted by molar-refractivity contribution is 5.37. The van der Waals surface area contributed by atoms with E-state index in [1.54, 1.807) is 0 Å². The van der Waals surface area contributed by atoms with Crippen molar-refractivity contribution in [1.29, 1.82) is 0 Å². The molecule has 0 saturated carbocycles.